The van der Waals surface area contributed by atoms with Crippen LogP contribution in [0.3, 0.4) is 0 Å². The Balaban J connectivity index is 1.29. The molecule has 2 aliphatic rings. The first-order valence-corrected chi connectivity index (χ1v) is 12.4. The molecule has 0 spiro atoms. The van der Waals surface area contributed by atoms with E-state index in [4.69, 9.17) is 18.6 Å². The monoisotopic (exact) mass is 471 g/mol. The van der Waals surface area contributed by atoms with Gasteiger partial charge in [0.2, 0.25) is 0 Å². The summed E-state index contributed by atoms with van der Waals surface area (Å²) in [6.07, 6.45) is 4.23. The van der Waals surface area contributed by atoms with Crippen molar-refractivity contribution in [2.24, 2.45) is 0 Å². The summed E-state index contributed by atoms with van der Waals surface area (Å²) in [5.41, 5.74) is 4.08. The van der Waals surface area contributed by atoms with Gasteiger partial charge < -0.3 is 23.2 Å². The molecule has 2 saturated heterocycles. The molecule has 3 aromatic rings. The summed E-state index contributed by atoms with van der Waals surface area (Å²) in [6, 6.07) is 18.9. The van der Waals surface area contributed by atoms with E-state index in [1.54, 1.807) is 0 Å². The summed E-state index contributed by atoms with van der Waals surface area (Å²) in [5, 5.41) is 0. The van der Waals surface area contributed by atoms with Crippen LogP contribution in [0.15, 0.2) is 67.0 Å². The van der Waals surface area contributed by atoms with Gasteiger partial charge in [-0.05, 0) is 95.6 Å². The van der Waals surface area contributed by atoms with Gasteiger partial charge >= 0.3 is 14.2 Å². The topological polar surface area (TPSA) is 41.9 Å². The SMILES string of the molecule is CC1(C)OB(c2ccc(-c3ccn(-c4ccc(B5OC(C)(C)C(C)(C)O5)cc4)c3)cc2)OC1(C)C. The van der Waals surface area contributed by atoms with Gasteiger partial charge in [-0.2, -0.15) is 0 Å². The summed E-state index contributed by atoms with van der Waals surface area (Å²) in [6.45, 7) is 16.6. The number of hydrogen-bond donors (Lipinski definition) is 0. The Bertz CT molecular complexity index is 1090. The molecule has 0 saturated carbocycles. The van der Waals surface area contributed by atoms with E-state index in [1.807, 2.05) is 0 Å². The van der Waals surface area contributed by atoms with Crippen molar-refractivity contribution in [2.45, 2.75) is 77.8 Å². The van der Waals surface area contributed by atoms with E-state index in [1.165, 1.54) is 0 Å². The molecule has 182 valence electrons. The molecule has 35 heavy (non-hydrogen) atoms. The Morgan fingerprint density at radius 1 is 0.514 bits per heavy atom. The summed E-state index contributed by atoms with van der Waals surface area (Å²) in [4.78, 5) is 0. The van der Waals surface area contributed by atoms with Gasteiger partial charge in [-0.15, -0.1) is 0 Å². The van der Waals surface area contributed by atoms with Crippen LogP contribution in [0.2, 0.25) is 0 Å². The molecule has 5 rings (SSSR count). The predicted octanol–water partition coefficient (Wildman–Crippen LogP) is 4.74. The zero-order chi connectivity index (χ0) is 25.2. The van der Waals surface area contributed by atoms with Crippen LogP contribution in [0.4, 0.5) is 0 Å². The Morgan fingerprint density at radius 2 is 0.914 bits per heavy atom. The van der Waals surface area contributed by atoms with Gasteiger partial charge in [-0.1, -0.05) is 36.4 Å². The third kappa shape index (κ3) is 4.29. The van der Waals surface area contributed by atoms with Crippen LogP contribution < -0.4 is 10.9 Å². The highest BCUT2D eigenvalue weighted by Gasteiger charge is 2.52. The third-order valence-electron chi connectivity index (χ3n) is 8.18. The summed E-state index contributed by atoms with van der Waals surface area (Å²) in [7, 11) is -0.696. The smallest absolute Gasteiger partial charge is 0.399 e. The third-order valence-corrected chi connectivity index (χ3v) is 8.18. The molecule has 0 unspecified atom stereocenters. The molecule has 5 nitrogen and oxygen atoms in total. The van der Waals surface area contributed by atoms with Gasteiger partial charge in [0, 0.05) is 18.1 Å². The van der Waals surface area contributed by atoms with Crippen molar-refractivity contribution in [1.29, 1.82) is 0 Å². The molecule has 0 aliphatic carbocycles. The fraction of sp³-hybridized carbons (Fsp3) is 0.429. The zero-order valence-corrected chi connectivity index (χ0v) is 22.1. The summed E-state index contributed by atoms with van der Waals surface area (Å²) >= 11 is 0. The molecule has 7 heteroatoms. The van der Waals surface area contributed by atoms with Crippen LogP contribution in [0.25, 0.3) is 16.8 Å². The van der Waals surface area contributed by atoms with Crippen LogP contribution in [0, 0.1) is 0 Å². The van der Waals surface area contributed by atoms with Gasteiger partial charge in [0.15, 0.2) is 0 Å². The maximum absolute atomic E-state index is 6.18. The van der Waals surface area contributed by atoms with Crippen LogP contribution in [-0.4, -0.2) is 41.2 Å². The Labute approximate surface area is 210 Å². The van der Waals surface area contributed by atoms with Gasteiger partial charge in [0.05, 0.1) is 22.4 Å². The Kier molecular flexibility index (Phi) is 5.65. The molecule has 0 bridgehead atoms. The molecule has 0 radical (unpaired) electrons. The quantitative estimate of drug-likeness (QED) is 0.516. The van der Waals surface area contributed by atoms with Crippen molar-refractivity contribution < 1.29 is 18.6 Å². The first kappa shape index (κ1) is 24.4. The maximum Gasteiger partial charge on any atom is 0.494 e. The molecule has 0 N–H and O–H groups in total. The lowest BCUT2D eigenvalue weighted by atomic mass is 9.78. The van der Waals surface area contributed by atoms with E-state index in [0.717, 1.165) is 27.7 Å². The van der Waals surface area contributed by atoms with Crippen LogP contribution in [-0.2, 0) is 18.6 Å². The lowest BCUT2D eigenvalue weighted by molar-refractivity contribution is 0.00578. The molecular formula is C28H35B2NO4. The molecule has 2 aromatic carbocycles. The van der Waals surface area contributed by atoms with Crippen molar-refractivity contribution >= 4 is 25.2 Å². The minimum absolute atomic E-state index is 0.342. The van der Waals surface area contributed by atoms with E-state index >= 15 is 0 Å². The number of benzene rings is 2. The minimum atomic E-state index is -0.350. The van der Waals surface area contributed by atoms with Gasteiger partial charge in [0.1, 0.15) is 0 Å². The maximum atomic E-state index is 6.18. The first-order valence-electron chi connectivity index (χ1n) is 12.4. The largest absolute Gasteiger partial charge is 0.494 e. The fourth-order valence-corrected chi connectivity index (χ4v) is 4.32. The van der Waals surface area contributed by atoms with Gasteiger partial charge in [-0.25, -0.2) is 0 Å². The highest BCUT2D eigenvalue weighted by Crippen LogP contribution is 2.37. The molecule has 1 aromatic heterocycles. The minimum Gasteiger partial charge on any atom is -0.399 e. The first-order chi connectivity index (χ1) is 16.3. The zero-order valence-electron chi connectivity index (χ0n) is 22.1. The molecule has 0 atom stereocenters. The van der Waals surface area contributed by atoms with Crippen LogP contribution in [0.5, 0.6) is 0 Å². The number of aromatic nitrogens is 1. The van der Waals surface area contributed by atoms with Crippen LogP contribution >= 0.6 is 0 Å². The lowest BCUT2D eigenvalue weighted by Gasteiger charge is -2.32. The normalized spacial score (nSPS) is 22.1. The van der Waals surface area contributed by atoms with Gasteiger partial charge in [-0.3, -0.25) is 0 Å². The highest BCUT2D eigenvalue weighted by atomic mass is 16.7. The lowest BCUT2D eigenvalue weighted by Crippen LogP contribution is -2.41. The van der Waals surface area contributed by atoms with Crippen molar-refractivity contribution in [3.8, 4) is 16.8 Å². The fourth-order valence-electron chi connectivity index (χ4n) is 4.32. The van der Waals surface area contributed by atoms with Crippen molar-refractivity contribution in [2.75, 3.05) is 0 Å². The summed E-state index contributed by atoms with van der Waals surface area (Å²) < 4.78 is 26.9. The van der Waals surface area contributed by atoms with E-state index < -0.39 is 0 Å². The average molecular weight is 471 g/mol. The second-order valence-electron chi connectivity index (χ2n) is 11.7. The number of nitrogens with zero attached hydrogens (tertiary/aromatic N) is 1. The molecule has 2 fully saturated rings. The molecule has 3 heterocycles. The van der Waals surface area contributed by atoms with Gasteiger partial charge in [0.25, 0.3) is 0 Å². The summed E-state index contributed by atoms with van der Waals surface area (Å²) in [5.74, 6) is 0. The number of rotatable bonds is 4. The number of hydrogen-bond acceptors (Lipinski definition) is 4. The molecule has 2 aliphatic heterocycles. The van der Waals surface area contributed by atoms with E-state index in [0.29, 0.717) is 0 Å². The van der Waals surface area contributed by atoms with Crippen molar-refractivity contribution in [1.82, 2.24) is 4.57 Å². The van der Waals surface area contributed by atoms with Crippen molar-refractivity contribution in [3.05, 3.63) is 67.0 Å². The second kappa shape index (κ2) is 8.10. The van der Waals surface area contributed by atoms with E-state index in [2.05, 4.69) is 127 Å². The van der Waals surface area contributed by atoms with Crippen LogP contribution in [0.1, 0.15) is 55.4 Å². The average Bonchev–Trinajstić information content (AvgIpc) is 3.41. The van der Waals surface area contributed by atoms with E-state index in [9.17, 15) is 0 Å². The standard InChI is InChI=1S/C28H35B2NO4/c1-25(2)26(3,4)33-29(32-25)22-11-9-20(10-12-22)21-17-18-31(19-21)24-15-13-23(14-16-24)30-34-27(5,6)28(7,8)35-30/h9-19H,1-8H3. The Morgan fingerprint density at radius 3 is 1.34 bits per heavy atom. The Hall–Kier alpha value is -2.31. The van der Waals surface area contributed by atoms with E-state index in [-0.39, 0.29) is 36.6 Å². The van der Waals surface area contributed by atoms with Crippen molar-refractivity contribution in [3.63, 3.8) is 0 Å². The predicted molar refractivity (Wildman–Crippen MR) is 143 cm³/mol. The molecule has 0 amide bonds. The molecular weight excluding hydrogens is 436 g/mol. The second-order valence-corrected chi connectivity index (χ2v) is 11.7. The highest BCUT2D eigenvalue weighted by molar-refractivity contribution is 6.62.